The van der Waals surface area contributed by atoms with E-state index < -0.39 is 5.82 Å². The van der Waals surface area contributed by atoms with E-state index >= 15 is 0 Å². The third kappa shape index (κ3) is 2.20. The molecular formula is C10H7ClFN3O. The number of rotatable bonds is 2. The largest absolute Gasteiger partial charge is 0.319 e. The van der Waals surface area contributed by atoms with E-state index in [9.17, 15) is 9.18 Å². The second-order valence-corrected chi connectivity index (χ2v) is 3.48. The molecule has 0 bridgehead atoms. The number of carbonyl (C=O) groups is 1. The monoisotopic (exact) mass is 239 g/mol. The molecule has 2 rings (SSSR count). The van der Waals surface area contributed by atoms with Gasteiger partial charge in [0.2, 0.25) is 0 Å². The molecule has 0 atom stereocenters. The molecule has 0 unspecified atom stereocenters. The van der Waals surface area contributed by atoms with E-state index in [-0.39, 0.29) is 16.5 Å². The third-order valence-corrected chi connectivity index (χ3v) is 2.23. The van der Waals surface area contributed by atoms with E-state index in [0.29, 0.717) is 5.69 Å². The summed E-state index contributed by atoms with van der Waals surface area (Å²) in [5.74, 6) is -0.926. The Morgan fingerprint density at radius 2 is 2.31 bits per heavy atom. The van der Waals surface area contributed by atoms with Gasteiger partial charge >= 0.3 is 0 Å². The van der Waals surface area contributed by atoms with E-state index in [4.69, 9.17) is 11.6 Å². The molecule has 0 aliphatic carbocycles. The first-order valence-electron chi connectivity index (χ1n) is 4.42. The Bertz CT molecular complexity index is 513. The molecule has 0 saturated carbocycles. The number of carbonyl (C=O) groups excluding carboxylic acids is 1. The molecule has 0 aliphatic rings. The molecule has 2 N–H and O–H groups in total. The van der Waals surface area contributed by atoms with Crippen molar-refractivity contribution in [3.63, 3.8) is 0 Å². The first kappa shape index (κ1) is 10.6. The molecule has 1 aromatic carbocycles. The van der Waals surface area contributed by atoms with Crippen molar-refractivity contribution in [3.8, 4) is 0 Å². The van der Waals surface area contributed by atoms with E-state index in [2.05, 4.69) is 15.5 Å². The van der Waals surface area contributed by atoms with Crippen LogP contribution in [0.5, 0.6) is 0 Å². The fourth-order valence-corrected chi connectivity index (χ4v) is 1.34. The second-order valence-electron chi connectivity index (χ2n) is 3.07. The Balaban J connectivity index is 2.18. The first-order valence-corrected chi connectivity index (χ1v) is 4.80. The van der Waals surface area contributed by atoms with Gasteiger partial charge < -0.3 is 5.32 Å². The van der Waals surface area contributed by atoms with Crippen LogP contribution in [0.1, 0.15) is 10.4 Å². The molecule has 6 heteroatoms. The van der Waals surface area contributed by atoms with Gasteiger partial charge in [-0.1, -0.05) is 11.6 Å². The van der Waals surface area contributed by atoms with Gasteiger partial charge in [-0.05, 0) is 18.2 Å². The topological polar surface area (TPSA) is 57.8 Å². The van der Waals surface area contributed by atoms with Crippen LogP contribution in [-0.4, -0.2) is 16.1 Å². The summed E-state index contributed by atoms with van der Waals surface area (Å²) in [7, 11) is 0. The van der Waals surface area contributed by atoms with Crippen LogP contribution in [0.3, 0.4) is 0 Å². The fourth-order valence-electron chi connectivity index (χ4n) is 1.16. The number of anilines is 1. The van der Waals surface area contributed by atoms with Gasteiger partial charge in [0.1, 0.15) is 5.82 Å². The molecule has 1 amide bonds. The molecule has 4 nitrogen and oxygen atoms in total. The zero-order valence-corrected chi connectivity index (χ0v) is 8.75. The Morgan fingerprint density at radius 1 is 1.50 bits per heavy atom. The van der Waals surface area contributed by atoms with Gasteiger partial charge in [0.15, 0.2) is 0 Å². The minimum Gasteiger partial charge on any atom is -0.319 e. The van der Waals surface area contributed by atoms with Crippen LogP contribution in [0.25, 0.3) is 0 Å². The van der Waals surface area contributed by atoms with Gasteiger partial charge in [-0.15, -0.1) is 0 Å². The van der Waals surface area contributed by atoms with Crippen molar-refractivity contribution in [2.45, 2.75) is 0 Å². The minimum absolute atomic E-state index is 0.0835. The van der Waals surface area contributed by atoms with E-state index in [1.54, 1.807) is 0 Å². The number of nitrogens with zero attached hydrogens (tertiary/aromatic N) is 1. The molecule has 2 aromatic rings. The first-order chi connectivity index (χ1) is 7.66. The predicted octanol–water partition coefficient (Wildman–Crippen LogP) is 2.45. The highest BCUT2D eigenvalue weighted by atomic mass is 35.5. The minimum atomic E-state index is -0.554. The normalized spacial score (nSPS) is 10.1. The molecule has 1 aromatic heterocycles. The number of nitrogens with one attached hydrogen (secondary N) is 2. The van der Waals surface area contributed by atoms with Gasteiger partial charge in [0.05, 0.1) is 16.9 Å². The second kappa shape index (κ2) is 4.32. The Hall–Kier alpha value is -1.88. The quantitative estimate of drug-likeness (QED) is 0.846. The highest BCUT2D eigenvalue weighted by Crippen LogP contribution is 2.16. The fraction of sp³-hybridized carbons (Fsp3) is 0. The molecule has 0 saturated heterocycles. The van der Waals surface area contributed by atoms with Crippen LogP contribution >= 0.6 is 11.6 Å². The zero-order valence-electron chi connectivity index (χ0n) is 8.00. The number of amides is 1. The molecule has 0 spiro atoms. The Morgan fingerprint density at radius 3 is 2.94 bits per heavy atom. The van der Waals surface area contributed by atoms with Crippen LogP contribution in [-0.2, 0) is 0 Å². The maximum absolute atomic E-state index is 12.9. The lowest BCUT2D eigenvalue weighted by Crippen LogP contribution is -2.11. The number of hydrogen-bond donors (Lipinski definition) is 2. The van der Waals surface area contributed by atoms with Crippen LogP contribution in [0.2, 0.25) is 5.02 Å². The highest BCUT2D eigenvalue weighted by Gasteiger charge is 2.09. The molecular weight excluding hydrogens is 233 g/mol. The lowest BCUT2D eigenvalue weighted by Gasteiger charge is -2.02. The molecule has 0 fully saturated rings. The van der Waals surface area contributed by atoms with E-state index in [1.165, 1.54) is 24.5 Å². The van der Waals surface area contributed by atoms with E-state index in [1.807, 2.05) is 0 Å². The van der Waals surface area contributed by atoms with Crippen LogP contribution in [0.4, 0.5) is 10.1 Å². The Labute approximate surface area is 95.4 Å². The van der Waals surface area contributed by atoms with Gasteiger partial charge in [-0.2, -0.15) is 5.10 Å². The Kier molecular flexibility index (Phi) is 2.87. The SMILES string of the molecule is O=C(Nc1cn[nH]c1)c1ccc(F)c(Cl)c1. The van der Waals surface area contributed by atoms with E-state index in [0.717, 1.165) is 6.07 Å². The summed E-state index contributed by atoms with van der Waals surface area (Å²) in [6.07, 6.45) is 2.99. The average molecular weight is 240 g/mol. The number of aromatic nitrogens is 2. The molecule has 1 heterocycles. The molecule has 0 radical (unpaired) electrons. The summed E-state index contributed by atoms with van der Waals surface area (Å²) in [5.41, 5.74) is 0.818. The van der Waals surface area contributed by atoms with Gasteiger partial charge in [0, 0.05) is 11.8 Å². The number of hydrogen-bond acceptors (Lipinski definition) is 2. The van der Waals surface area contributed by atoms with Crippen LogP contribution in [0, 0.1) is 5.82 Å². The maximum atomic E-state index is 12.9. The molecule has 82 valence electrons. The lowest BCUT2D eigenvalue weighted by atomic mass is 10.2. The average Bonchev–Trinajstić information content (AvgIpc) is 2.74. The molecule has 0 aliphatic heterocycles. The summed E-state index contributed by atoms with van der Waals surface area (Å²) in [5, 5.41) is 8.72. The highest BCUT2D eigenvalue weighted by molar-refractivity contribution is 6.31. The molecule has 16 heavy (non-hydrogen) atoms. The van der Waals surface area contributed by atoms with Crippen molar-refractivity contribution in [2.24, 2.45) is 0 Å². The smallest absolute Gasteiger partial charge is 0.255 e. The summed E-state index contributed by atoms with van der Waals surface area (Å²) >= 11 is 5.57. The zero-order chi connectivity index (χ0) is 11.5. The summed E-state index contributed by atoms with van der Waals surface area (Å²) < 4.78 is 12.9. The maximum Gasteiger partial charge on any atom is 0.255 e. The number of benzene rings is 1. The summed E-state index contributed by atoms with van der Waals surface area (Å²) in [6, 6.07) is 3.77. The van der Waals surface area contributed by atoms with Crippen molar-refractivity contribution in [3.05, 3.63) is 47.0 Å². The number of halogens is 2. The van der Waals surface area contributed by atoms with Crippen molar-refractivity contribution in [1.29, 1.82) is 0 Å². The number of aromatic amines is 1. The van der Waals surface area contributed by atoms with Crippen molar-refractivity contribution >= 4 is 23.2 Å². The van der Waals surface area contributed by atoms with Crippen molar-refractivity contribution < 1.29 is 9.18 Å². The predicted molar refractivity (Wildman–Crippen MR) is 58.0 cm³/mol. The lowest BCUT2D eigenvalue weighted by molar-refractivity contribution is 0.102. The number of H-pyrrole nitrogens is 1. The summed E-state index contributed by atoms with van der Waals surface area (Å²) in [6.45, 7) is 0. The van der Waals surface area contributed by atoms with Crippen molar-refractivity contribution in [2.75, 3.05) is 5.32 Å². The van der Waals surface area contributed by atoms with Crippen LogP contribution < -0.4 is 5.32 Å². The van der Waals surface area contributed by atoms with Gasteiger partial charge in [-0.3, -0.25) is 9.89 Å². The standard InChI is InChI=1S/C10H7ClFN3O/c11-8-3-6(1-2-9(8)12)10(16)15-7-4-13-14-5-7/h1-5H,(H,13,14)(H,15,16). The summed E-state index contributed by atoms with van der Waals surface area (Å²) in [4.78, 5) is 11.6. The van der Waals surface area contributed by atoms with Crippen LogP contribution in [0.15, 0.2) is 30.6 Å². The van der Waals surface area contributed by atoms with Crippen molar-refractivity contribution in [1.82, 2.24) is 10.2 Å². The van der Waals surface area contributed by atoms with Gasteiger partial charge in [0.25, 0.3) is 5.91 Å². The van der Waals surface area contributed by atoms with Gasteiger partial charge in [-0.25, -0.2) is 4.39 Å². The third-order valence-electron chi connectivity index (χ3n) is 1.94.